The molecule has 0 aromatic carbocycles. The number of ether oxygens (including phenoxy) is 2. The van der Waals surface area contributed by atoms with Gasteiger partial charge in [0.2, 0.25) is 0 Å². The van der Waals surface area contributed by atoms with E-state index in [0.717, 1.165) is 26.2 Å². The minimum atomic E-state index is 0.455. The Labute approximate surface area is 80.8 Å². The number of methoxy groups -OCH3 is 1. The van der Waals surface area contributed by atoms with Crippen LogP contribution in [0, 0.1) is 5.92 Å². The Hall–Kier alpha value is -0.120. The number of hydrogen-bond acceptors (Lipinski definition) is 3. The van der Waals surface area contributed by atoms with Gasteiger partial charge in [0.25, 0.3) is 0 Å². The SMILES string of the molecule is COCC(NC1CCOC1)C(C)C. The lowest BCUT2D eigenvalue weighted by Gasteiger charge is -2.24. The molecule has 0 aromatic rings. The van der Waals surface area contributed by atoms with Crippen molar-refractivity contribution in [1.82, 2.24) is 5.32 Å². The van der Waals surface area contributed by atoms with Crippen molar-refractivity contribution < 1.29 is 9.47 Å². The molecule has 0 bridgehead atoms. The molecule has 1 N–H and O–H groups in total. The zero-order valence-electron chi connectivity index (χ0n) is 8.88. The maximum atomic E-state index is 5.31. The highest BCUT2D eigenvalue weighted by molar-refractivity contribution is 4.78. The molecule has 1 heterocycles. The molecule has 78 valence electrons. The van der Waals surface area contributed by atoms with Crippen molar-refractivity contribution >= 4 is 0 Å². The lowest BCUT2D eigenvalue weighted by Crippen LogP contribution is -2.44. The minimum Gasteiger partial charge on any atom is -0.383 e. The molecule has 1 aliphatic rings. The van der Waals surface area contributed by atoms with E-state index in [0.29, 0.717) is 18.0 Å². The summed E-state index contributed by atoms with van der Waals surface area (Å²) < 4.78 is 10.5. The summed E-state index contributed by atoms with van der Waals surface area (Å²) in [5.74, 6) is 0.612. The lowest BCUT2D eigenvalue weighted by atomic mass is 10.0. The van der Waals surface area contributed by atoms with E-state index in [1.54, 1.807) is 7.11 Å². The van der Waals surface area contributed by atoms with E-state index >= 15 is 0 Å². The first-order chi connectivity index (χ1) is 6.24. The fourth-order valence-electron chi connectivity index (χ4n) is 1.58. The predicted molar refractivity (Wildman–Crippen MR) is 52.9 cm³/mol. The zero-order chi connectivity index (χ0) is 9.68. The van der Waals surface area contributed by atoms with E-state index in [1.165, 1.54) is 0 Å². The largest absolute Gasteiger partial charge is 0.383 e. The maximum Gasteiger partial charge on any atom is 0.0620 e. The third-order valence-electron chi connectivity index (χ3n) is 2.53. The Morgan fingerprint density at radius 2 is 2.31 bits per heavy atom. The van der Waals surface area contributed by atoms with Crippen LogP contribution in [0.2, 0.25) is 0 Å². The molecule has 3 nitrogen and oxygen atoms in total. The van der Waals surface area contributed by atoms with Crippen molar-refractivity contribution in [2.45, 2.75) is 32.4 Å². The van der Waals surface area contributed by atoms with E-state index in [1.807, 2.05) is 0 Å². The summed E-state index contributed by atoms with van der Waals surface area (Å²) in [5.41, 5.74) is 0. The summed E-state index contributed by atoms with van der Waals surface area (Å²) in [7, 11) is 1.75. The van der Waals surface area contributed by atoms with E-state index < -0.39 is 0 Å². The molecule has 1 rings (SSSR count). The van der Waals surface area contributed by atoms with Crippen molar-refractivity contribution in [3.05, 3.63) is 0 Å². The summed E-state index contributed by atoms with van der Waals surface area (Å²) in [4.78, 5) is 0. The summed E-state index contributed by atoms with van der Waals surface area (Å²) in [5, 5.41) is 3.57. The van der Waals surface area contributed by atoms with Crippen molar-refractivity contribution in [3.8, 4) is 0 Å². The van der Waals surface area contributed by atoms with Crippen LogP contribution in [-0.4, -0.2) is 39.0 Å². The van der Waals surface area contributed by atoms with Crippen LogP contribution in [0.5, 0.6) is 0 Å². The second-order valence-electron chi connectivity index (χ2n) is 4.03. The van der Waals surface area contributed by atoms with Crippen molar-refractivity contribution in [3.63, 3.8) is 0 Å². The van der Waals surface area contributed by atoms with Crippen LogP contribution >= 0.6 is 0 Å². The Morgan fingerprint density at radius 1 is 1.54 bits per heavy atom. The normalized spacial score (nSPS) is 25.4. The minimum absolute atomic E-state index is 0.455. The van der Waals surface area contributed by atoms with Crippen LogP contribution in [0.1, 0.15) is 20.3 Å². The van der Waals surface area contributed by atoms with E-state index in [4.69, 9.17) is 9.47 Å². The average molecular weight is 187 g/mol. The first-order valence-corrected chi connectivity index (χ1v) is 5.06. The van der Waals surface area contributed by atoms with Gasteiger partial charge in [0.1, 0.15) is 0 Å². The standard InChI is InChI=1S/C10H21NO2/c1-8(2)10(7-12-3)11-9-4-5-13-6-9/h8-11H,4-7H2,1-3H3. The molecular formula is C10H21NO2. The molecular weight excluding hydrogens is 166 g/mol. The first kappa shape index (κ1) is 11.0. The molecule has 0 saturated carbocycles. The summed E-state index contributed by atoms with van der Waals surface area (Å²) >= 11 is 0. The summed E-state index contributed by atoms with van der Waals surface area (Å²) in [6, 6.07) is 0.985. The molecule has 1 aliphatic heterocycles. The zero-order valence-corrected chi connectivity index (χ0v) is 8.88. The van der Waals surface area contributed by atoms with E-state index in [2.05, 4.69) is 19.2 Å². The monoisotopic (exact) mass is 187 g/mol. The highest BCUT2D eigenvalue weighted by atomic mass is 16.5. The fraction of sp³-hybridized carbons (Fsp3) is 1.00. The number of hydrogen-bond donors (Lipinski definition) is 1. The molecule has 2 atom stereocenters. The van der Waals surface area contributed by atoms with E-state index in [-0.39, 0.29) is 0 Å². The van der Waals surface area contributed by atoms with Gasteiger partial charge in [0, 0.05) is 25.8 Å². The van der Waals surface area contributed by atoms with E-state index in [9.17, 15) is 0 Å². The molecule has 3 heteroatoms. The second-order valence-corrected chi connectivity index (χ2v) is 4.03. The van der Waals surface area contributed by atoms with Gasteiger partial charge in [-0.15, -0.1) is 0 Å². The van der Waals surface area contributed by atoms with Gasteiger partial charge in [-0.2, -0.15) is 0 Å². The van der Waals surface area contributed by atoms with Gasteiger partial charge in [-0.3, -0.25) is 0 Å². The molecule has 0 radical (unpaired) electrons. The van der Waals surface area contributed by atoms with Crippen molar-refractivity contribution in [2.24, 2.45) is 5.92 Å². The fourth-order valence-corrected chi connectivity index (χ4v) is 1.58. The van der Waals surface area contributed by atoms with Gasteiger partial charge in [0.15, 0.2) is 0 Å². The molecule has 1 saturated heterocycles. The Bertz CT molecular complexity index is 133. The Balaban J connectivity index is 2.27. The highest BCUT2D eigenvalue weighted by Gasteiger charge is 2.21. The van der Waals surface area contributed by atoms with Crippen LogP contribution in [-0.2, 0) is 9.47 Å². The van der Waals surface area contributed by atoms with Gasteiger partial charge in [0.05, 0.1) is 13.2 Å². The van der Waals surface area contributed by atoms with Gasteiger partial charge >= 0.3 is 0 Å². The van der Waals surface area contributed by atoms with Crippen LogP contribution in [0.3, 0.4) is 0 Å². The summed E-state index contributed by atoms with van der Waals surface area (Å²) in [6.45, 7) is 6.97. The molecule has 0 spiro atoms. The smallest absolute Gasteiger partial charge is 0.0620 e. The molecule has 13 heavy (non-hydrogen) atoms. The van der Waals surface area contributed by atoms with Crippen molar-refractivity contribution in [2.75, 3.05) is 26.9 Å². The quantitative estimate of drug-likeness (QED) is 0.697. The molecule has 1 fully saturated rings. The molecule has 0 aromatic heterocycles. The third-order valence-corrected chi connectivity index (χ3v) is 2.53. The van der Waals surface area contributed by atoms with Crippen LogP contribution < -0.4 is 5.32 Å². The number of nitrogens with one attached hydrogen (secondary N) is 1. The van der Waals surface area contributed by atoms with Gasteiger partial charge < -0.3 is 14.8 Å². The molecule has 0 aliphatic carbocycles. The van der Waals surface area contributed by atoms with Crippen LogP contribution in [0.15, 0.2) is 0 Å². The van der Waals surface area contributed by atoms with Gasteiger partial charge in [-0.25, -0.2) is 0 Å². The van der Waals surface area contributed by atoms with Gasteiger partial charge in [-0.05, 0) is 12.3 Å². The van der Waals surface area contributed by atoms with Crippen LogP contribution in [0.25, 0.3) is 0 Å². The van der Waals surface area contributed by atoms with Crippen LogP contribution in [0.4, 0.5) is 0 Å². The topological polar surface area (TPSA) is 30.5 Å². The third kappa shape index (κ3) is 3.63. The first-order valence-electron chi connectivity index (χ1n) is 5.06. The average Bonchev–Trinajstić information content (AvgIpc) is 2.56. The Kier molecular flexibility index (Phi) is 4.70. The molecule has 0 amide bonds. The predicted octanol–water partition coefficient (Wildman–Crippen LogP) is 1.04. The number of rotatable bonds is 5. The molecule has 2 unspecified atom stereocenters. The Morgan fingerprint density at radius 3 is 2.77 bits per heavy atom. The lowest BCUT2D eigenvalue weighted by molar-refractivity contribution is 0.134. The summed E-state index contributed by atoms with van der Waals surface area (Å²) in [6.07, 6.45) is 1.13. The maximum absolute atomic E-state index is 5.31. The van der Waals surface area contributed by atoms with Crippen molar-refractivity contribution in [1.29, 1.82) is 0 Å². The second kappa shape index (κ2) is 5.58. The highest BCUT2D eigenvalue weighted by Crippen LogP contribution is 2.09. The van der Waals surface area contributed by atoms with Gasteiger partial charge in [-0.1, -0.05) is 13.8 Å².